The lowest BCUT2D eigenvalue weighted by molar-refractivity contribution is 0.394. The van der Waals surface area contributed by atoms with Crippen molar-refractivity contribution in [3.63, 3.8) is 0 Å². The van der Waals surface area contributed by atoms with Crippen LogP contribution in [0.4, 0.5) is 0 Å². The maximum Gasteiger partial charge on any atom is -0.00247 e. The maximum absolute atomic E-state index is 3.79. The summed E-state index contributed by atoms with van der Waals surface area (Å²) >= 11 is 0. The van der Waals surface area contributed by atoms with E-state index in [-0.39, 0.29) is 0 Å². The highest BCUT2D eigenvalue weighted by molar-refractivity contribution is 5.65. The van der Waals surface area contributed by atoms with Gasteiger partial charge in [-0.3, -0.25) is 0 Å². The first-order valence-electron chi connectivity index (χ1n) is 7.65. The van der Waals surface area contributed by atoms with Gasteiger partial charge in [-0.1, -0.05) is 61.2 Å². The summed E-state index contributed by atoms with van der Waals surface area (Å²) in [5.74, 6) is 0. The summed E-state index contributed by atoms with van der Waals surface area (Å²) in [4.78, 5) is 2.25. The van der Waals surface area contributed by atoms with Crippen molar-refractivity contribution >= 4 is 6.08 Å². The van der Waals surface area contributed by atoms with Gasteiger partial charge in [-0.05, 0) is 62.2 Å². The molecule has 21 heavy (non-hydrogen) atoms. The highest BCUT2D eigenvalue weighted by atomic mass is 15.0. The Morgan fingerprint density at radius 2 is 1.43 bits per heavy atom. The van der Waals surface area contributed by atoms with E-state index in [0.717, 1.165) is 5.56 Å². The quantitative estimate of drug-likeness (QED) is 0.653. The smallest absolute Gasteiger partial charge is 0.00247 e. The highest BCUT2D eigenvalue weighted by Crippen LogP contribution is 2.21. The lowest BCUT2D eigenvalue weighted by atomic mass is 10.0. The van der Waals surface area contributed by atoms with Crippen LogP contribution in [-0.2, 0) is 6.42 Å². The summed E-state index contributed by atoms with van der Waals surface area (Å²) in [5.41, 5.74) is 5.14. The van der Waals surface area contributed by atoms with Crippen LogP contribution in [0.3, 0.4) is 0 Å². The van der Waals surface area contributed by atoms with Gasteiger partial charge in [-0.2, -0.15) is 0 Å². The van der Waals surface area contributed by atoms with Gasteiger partial charge in [-0.25, -0.2) is 0 Å². The first-order valence-corrected chi connectivity index (χ1v) is 7.65. The number of benzene rings is 2. The van der Waals surface area contributed by atoms with Gasteiger partial charge >= 0.3 is 0 Å². The number of nitrogens with zero attached hydrogens (tertiary/aromatic N) is 1. The second-order valence-electron chi connectivity index (χ2n) is 5.78. The molecule has 0 spiro atoms. The van der Waals surface area contributed by atoms with Crippen LogP contribution in [0, 0.1) is 0 Å². The molecule has 0 radical (unpaired) electrons. The van der Waals surface area contributed by atoms with Crippen molar-refractivity contribution in [3.8, 4) is 11.1 Å². The molecule has 0 N–H and O–H groups in total. The van der Waals surface area contributed by atoms with E-state index in [0.29, 0.717) is 0 Å². The molecule has 0 saturated carbocycles. The molecule has 0 unspecified atom stereocenters. The highest BCUT2D eigenvalue weighted by Gasteiger charge is 1.99. The van der Waals surface area contributed by atoms with Crippen molar-refractivity contribution in [2.45, 2.75) is 19.3 Å². The number of rotatable bonds is 7. The van der Waals surface area contributed by atoms with Gasteiger partial charge in [0.25, 0.3) is 0 Å². The minimum atomic E-state index is 1.16. The van der Waals surface area contributed by atoms with Crippen LogP contribution in [0.1, 0.15) is 24.0 Å². The van der Waals surface area contributed by atoms with Crippen LogP contribution in [0.2, 0.25) is 0 Å². The average Bonchev–Trinajstić information content (AvgIpc) is 2.52. The summed E-state index contributed by atoms with van der Waals surface area (Å²) in [6.07, 6.45) is 5.56. The summed E-state index contributed by atoms with van der Waals surface area (Å²) in [6, 6.07) is 17.5. The molecular weight excluding hydrogens is 254 g/mol. The van der Waals surface area contributed by atoms with Crippen LogP contribution in [0.5, 0.6) is 0 Å². The molecule has 110 valence electrons. The molecule has 0 bridgehead atoms. The molecule has 0 aromatic heterocycles. The molecule has 0 fully saturated rings. The minimum Gasteiger partial charge on any atom is -0.309 e. The van der Waals surface area contributed by atoms with Gasteiger partial charge in [0.2, 0.25) is 0 Å². The lowest BCUT2D eigenvalue weighted by Gasteiger charge is -2.09. The van der Waals surface area contributed by atoms with Crippen molar-refractivity contribution in [3.05, 3.63) is 66.2 Å². The Labute approximate surface area is 128 Å². The molecule has 0 atom stereocenters. The van der Waals surface area contributed by atoms with Gasteiger partial charge in [-0.15, -0.1) is 0 Å². The van der Waals surface area contributed by atoms with Crippen LogP contribution in [0.25, 0.3) is 17.2 Å². The molecular formula is C20H25N. The van der Waals surface area contributed by atoms with Gasteiger partial charge in [0.1, 0.15) is 0 Å². The standard InChI is InChI=1S/C20H25N/c1-4-17-8-12-19(13-9-17)20-14-10-18(11-15-20)7-5-6-16-21(2)3/h4,8-15H,1,5-7,16H2,2-3H3. The zero-order valence-electron chi connectivity index (χ0n) is 13.2. The fraction of sp³-hybridized carbons (Fsp3) is 0.300. The number of aryl methyl sites for hydroxylation is 1. The van der Waals surface area contributed by atoms with Crippen molar-refractivity contribution < 1.29 is 0 Å². The molecule has 1 nitrogen and oxygen atoms in total. The molecule has 0 amide bonds. The summed E-state index contributed by atoms with van der Waals surface area (Å²) < 4.78 is 0. The second kappa shape index (κ2) is 7.80. The summed E-state index contributed by atoms with van der Waals surface area (Å²) in [6.45, 7) is 4.96. The Kier molecular flexibility index (Phi) is 5.77. The van der Waals surface area contributed by atoms with E-state index in [1.54, 1.807) is 0 Å². The molecule has 0 aliphatic rings. The Morgan fingerprint density at radius 3 is 1.95 bits per heavy atom. The second-order valence-corrected chi connectivity index (χ2v) is 5.78. The molecule has 1 heteroatoms. The van der Waals surface area contributed by atoms with Gasteiger partial charge < -0.3 is 4.90 Å². The van der Waals surface area contributed by atoms with E-state index in [1.165, 1.54) is 42.5 Å². The van der Waals surface area contributed by atoms with E-state index >= 15 is 0 Å². The Bertz CT molecular complexity index is 549. The average molecular weight is 279 g/mol. The molecule has 0 heterocycles. The first-order chi connectivity index (χ1) is 10.2. The van der Waals surface area contributed by atoms with E-state index in [1.807, 2.05) is 6.08 Å². The Balaban J connectivity index is 1.93. The van der Waals surface area contributed by atoms with Gasteiger partial charge in [0.05, 0.1) is 0 Å². The van der Waals surface area contributed by atoms with Crippen molar-refractivity contribution in [2.24, 2.45) is 0 Å². The maximum atomic E-state index is 3.79. The third-order valence-electron chi connectivity index (χ3n) is 3.75. The van der Waals surface area contributed by atoms with Crippen LogP contribution in [0.15, 0.2) is 55.1 Å². The van der Waals surface area contributed by atoms with E-state index < -0.39 is 0 Å². The van der Waals surface area contributed by atoms with E-state index in [4.69, 9.17) is 0 Å². The number of unbranched alkanes of at least 4 members (excludes halogenated alkanes) is 1. The predicted molar refractivity (Wildman–Crippen MR) is 93.5 cm³/mol. The molecule has 0 aliphatic heterocycles. The SMILES string of the molecule is C=Cc1ccc(-c2ccc(CCCCN(C)C)cc2)cc1. The van der Waals surface area contributed by atoms with E-state index in [9.17, 15) is 0 Å². The third-order valence-corrected chi connectivity index (χ3v) is 3.75. The van der Waals surface area contributed by atoms with E-state index in [2.05, 4.69) is 74.1 Å². The van der Waals surface area contributed by atoms with Crippen LogP contribution < -0.4 is 0 Å². The number of hydrogen-bond acceptors (Lipinski definition) is 1. The minimum absolute atomic E-state index is 1.16. The lowest BCUT2D eigenvalue weighted by Crippen LogP contribution is -2.12. The fourth-order valence-electron chi connectivity index (χ4n) is 2.43. The molecule has 2 rings (SSSR count). The van der Waals surface area contributed by atoms with Crippen molar-refractivity contribution in [2.75, 3.05) is 20.6 Å². The van der Waals surface area contributed by atoms with Crippen molar-refractivity contribution in [1.29, 1.82) is 0 Å². The topological polar surface area (TPSA) is 3.24 Å². The normalized spacial score (nSPS) is 10.8. The Morgan fingerprint density at radius 1 is 0.857 bits per heavy atom. The predicted octanol–water partition coefficient (Wildman–Crippen LogP) is 4.88. The molecule has 0 aliphatic carbocycles. The molecule has 2 aromatic carbocycles. The largest absolute Gasteiger partial charge is 0.309 e. The zero-order valence-corrected chi connectivity index (χ0v) is 13.2. The first kappa shape index (κ1) is 15.5. The molecule has 0 saturated heterocycles. The van der Waals surface area contributed by atoms with Crippen molar-refractivity contribution in [1.82, 2.24) is 4.90 Å². The monoisotopic (exact) mass is 279 g/mol. The number of hydrogen-bond donors (Lipinski definition) is 0. The van der Waals surface area contributed by atoms with Gasteiger partial charge in [0, 0.05) is 0 Å². The fourth-order valence-corrected chi connectivity index (χ4v) is 2.43. The molecule has 2 aromatic rings. The summed E-state index contributed by atoms with van der Waals surface area (Å²) in [7, 11) is 4.26. The van der Waals surface area contributed by atoms with Crippen LogP contribution >= 0.6 is 0 Å². The third kappa shape index (κ3) is 4.87. The summed E-state index contributed by atoms with van der Waals surface area (Å²) in [5, 5.41) is 0. The zero-order chi connectivity index (χ0) is 15.1. The van der Waals surface area contributed by atoms with Gasteiger partial charge in [0.15, 0.2) is 0 Å². The Hall–Kier alpha value is -1.86. The van der Waals surface area contributed by atoms with Crippen LogP contribution in [-0.4, -0.2) is 25.5 Å².